The Morgan fingerprint density at radius 2 is 1.48 bits per heavy atom. The van der Waals surface area contributed by atoms with Gasteiger partial charge in [0, 0.05) is 11.4 Å². The highest BCUT2D eigenvalue weighted by molar-refractivity contribution is 7.99. The normalized spacial score (nSPS) is 10.4. The van der Waals surface area contributed by atoms with Crippen LogP contribution < -0.4 is 10.6 Å². The van der Waals surface area contributed by atoms with E-state index in [1.54, 1.807) is 42.1 Å². The number of hydrogen-bond donors (Lipinski definition) is 2. The van der Waals surface area contributed by atoms with Crippen molar-refractivity contribution in [2.75, 3.05) is 11.1 Å². The lowest BCUT2D eigenvalue weighted by atomic mass is 10.1. The van der Waals surface area contributed by atoms with Crippen LogP contribution in [0.3, 0.4) is 0 Å². The Bertz CT molecular complexity index is 1000. The van der Waals surface area contributed by atoms with Crippen molar-refractivity contribution in [3.8, 4) is 0 Å². The van der Waals surface area contributed by atoms with Gasteiger partial charge in [-0.05, 0) is 42.5 Å². The average Bonchev–Trinajstić information content (AvgIpc) is 2.74. The lowest BCUT2D eigenvalue weighted by Crippen LogP contribution is -2.25. The van der Waals surface area contributed by atoms with Crippen molar-refractivity contribution in [1.82, 2.24) is 5.32 Å². The lowest BCUT2D eigenvalue weighted by Gasteiger charge is -2.13. The summed E-state index contributed by atoms with van der Waals surface area (Å²) in [6, 6.07) is 22.6. The van der Waals surface area contributed by atoms with Crippen LogP contribution in [0.1, 0.15) is 38.8 Å². The Morgan fingerprint density at radius 1 is 0.828 bits per heavy atom. The van der Waals surface area contributed by atoms with Crippen molar-refractivity contribution in [3.05, 3.63) is 95.1 Å². The molecule has 0 bridgehead atoms. The number of carbonyl (C=O) groups excluding carboxylic acids is 2. The minimum atomic E-state index is -0.224. The monoisotopic (exact) mass is 404 g/mol. The van der Waals surface area contributed by atoms with Gasteiger partial charge in [-0.25, -0.2) is 0 Å². The van der Waals surface area contributed by atoms with E-state index in [4.69, 9.17) is 0 Å². The summed E-state index contributed by atoms with van der Waals surface area (Å²) >= 11 is 1.62. The van der Waals surface area contributed by atoms with Crippen molar-refractivity contribution in [3.63, 3.8) is 0 Å². The summed E-state index contributed by atoms with van der Waals surface area (Å²) in [4.78, 5) is 26.5. The molecule has 0 unspecified atom stereocenters. The number of aryl methyl sites for hydroxylation is 1. The third kappa shape index (κ3) is 5.48. The molecule has 3 rings (SSSR count). The summed E-state index contributed by atoms with van der Waals surface area (Å²) in [6.07, 6.45) is 0. The number of hydrogen-bond acceptors (Lipinski definition) is 3. The van der Waals surface area contributed by atoms with Crippen molar-refractivity contribution >= 4 is 29.3 Å². The molecule has 0 saturated carbocycles. The van der Waals surface area contributed by atoms with E-state index >= 15 is 0 Å². The molecule has 2 N–H and O–H groups in total. The number of thioether (sulfide) groups is 1. The van der Waals surface area contributed by atoms with Crippen molar-refractivity contribution in [2.24, 2.45) is 0 Å². The van der Waals surface area contributed by atoms with E-state index in [0.717, 1.165) is 16.2 Å². The van der Waals surface area contributed by atoms with Crippen LogP contribution in [0.5, 0.6) is 0 Å². The zero-order valence-electron chi connectivity index (χ0n) is 16.6. The topological polar surface area (TPSA) is 58.2 Å². The molecular weight excluding hydrogens is 380 g/mol. The van der Waals surface area contributed by atoms with Crippen LogP contribution in [0.15, 0.2) is 77.7 Å². The van der Waals surface area contributed by atoms with E-state index in [1.807, 2.05) is 56.3 Å². The highest BCUT2D eigenvalue weighted by atomic mass is 32.2. The molecule has 0 aromatic heterocycles. The van der Waals surface area contributed by atoms with Gasteiger partial charge in [0.15, 0.2) is 0 Å². The van der Waals surface area contributed by atoms with Crippen LogP contribution in [-0.4, -0.2) is 17.6 Å². The Kier molecular flexibility index (Phi) is 7.09. The van der Waals surface area contributed by atoms with E-state index in [0.29, 0.717) is 23.4 Å². The molecule has 0 heterocycles. The van der Waals surface area contributed by atoms with Gasteiger partial charge in [-0.1, -0.05) is 61.0 Å². The van der Waals surface area contributed by atoms with Gasteiger partial charge in [0.25, 0.3) is 11.8 Å². The summed E-state index contributed by atoms with van der Waals surface area (Å²) < 4.78 is 0. The van der Waals surface area contributed by atoms with Crippen LogP contribution in [0, 0.1) is 6.92 Å². The summed E-state index contributed by atoms with van der Waals surface area (Å²) in [5.41, 5.74) is 3.74. The summed E-state index contributed by atoms with van der Waals surface area (Å²) in [5.74, 6) is 0.431. The molecule has 0 radical (unpaired) electrons. The number of rotatable bonds is 7. The number of carbonyl (C=O) groups is 2. The summed E-state index contributed by atoms with van der Waals surface area (Å²) in [7, 11) is 0. The molecule has 0 aliphatic heterocycles. The van der Waals surface area contributed by atoms with Gasteiger partial charge in [0.1, 0.15) is 0 Å². The molecule has 148 valence electrons. The minimum absolute atomic E-state index is 0.222. The quantitative estimate of drug-likeness (QED) is 0.526. The fraction of sp³-hybridized carbons (Fsp3) is 0.167. The van der Waals surface area contributed by atoms with Gasteiger partial charge < -0.3 is 10.6 Å². The fourth-order valence-corrected chi connectivity index (χ4v) is 3.70. The minimum Gasteiger partial charge on any atom is -0.348 e. The molecule has 2 amide bonds. The zero-order chi connectivity index (χ0) is 20.6. The second-order valence-electron chi connectivity index (χ2n) is 6.60. The van der Waals surface area contributed by atoms with Gasteiger partial charge in [-0.15, -0.1) is 11.8 Å². The molecular formula is C24H24N2O2S. The third-order valence-electron chi connectivity index (χ3n) is 4.43. The number of nitrogens with one attached hydrogen (secondary N) is 2. The lowest BCUT2D eigenvalue weighted by molar-refractivity contribution is 0.0952. The van der Waals surface area contributed by atoms with Gasteiger partial charge in [-0.2, -0.15) is 0 Å². The second-order valence-corrected chi connectivity index (χ2v) is 7.90. The Hall–Kier alpha value is -3.05. The largest absolute Gasteiger partial charge is 0.348 e. The van der Waals surface area contributed by atoms with Crippen LogP contribution in [0.4, 0.5) is 5.69 Å². The first-order chi connectivity index (χ1) is 14.1. The second kappa shape index (κ2) is 9.94. The zero-order valence-corrected chi connectivity index (χ0v) is 17.4. The number of benzene rings is 3. The number of para-hydroxylation sites is 1. The van der Waals surface area contributed by atoms with E-state index < -0.39 is 0 Å². The Labute approximate surface area is 175 Å². The van der Waals surface area contributed by atoms with Crippen molar-refractivity contribution in [2.45, 2.75) is 25.3 Å². The van der Waals surface area contributed by atoms with Crippen LogP contribution in [-0.2, 0) is 6.54 Å². The van der Waals surface area contributed by atoms with Gasteiger partial charge in [-0.3, -0.25) is 9.59 Å². The molecule has 3 aromatic rings. The standard InChI is InChI=1S/C24H24N2O2S/c1-3-29-22-11-7-5-9-20(22)24(28)26-21-10-6-4-8-19(21)23(27)25-16-18-14-12-17(2)13-15-18/h4-15H,3,16H2,1-2H3,(H,25,27)(H,26,28). The molecule has 4 nitrogen and oxygen atoms in total. The van der Waals surface area contributed by atoms with Crippen molar-refractivity contribution < 1.29 is 9.59 Å². The van der Waals surface area contributed by atoms with Crippen LogP contribution in [0.2, 0.25) is 0 Å². The molecule has 29 heavy (non-hydrogen) atoms. The number of anilines is 1. The molecule has 5 heteroatoms. The molecule has 0 saturated heterocycles. The maximum absolute atomic E-state index is 12.8. The summed E-state index contributed by atoms with van der Waals surface area (Å²) in [6.45, 7) is 4.50. The highest BCUT2D eigenvalue weighted by Gasteiger charge is 2.16. The maximum atomic E-state index is 12.8. The molecule has 0 atom stereocenters. The first-order valence-corrected chi connectivity index (χ1v) is 10.5. The van der Waals surface area contributed by atoms with Gasteiger partial charge >= 0.3 is 0 Å². The SMILES string of the molecule is CCSc1ccccc1C(=O)Nc1ccccc1C(=O)NCc1ccc(C)cc1. The molecule has 0 aliphatic rings. The van der Waals surface area contributed by atoms with E-state index in [2.05, 4.69) is 10.6 Å². The first kappa shape index (κ1) is 20.7. The highest BCUT2D eigenvalue weighted by Crippen LogP contribution is 2.24. The van der Waals surface area contributed by atoms with Crippen molar-refractivity contribution in [1.29, 1.82) is 0 Å². The van der Waals surface area contributed by atoms with E-state index in [-0.39, 0.29) is 11.8 Å². The van der Waals surface area contributed by atoms with E-state index in [1.165, 1.54) is 5.56 Å². The molecule has 0 aliphatic carbocycles. The smallest absolute Gasteiger partial charge is 0.256 e. The van der Waals surface area contributed by atoms with Gasteiger partial charge in [0.05, 0.1) is 16.8 Å². The average molecular weight is 405 g/mol. The van der Waals surface area contributed by atoms with Gasteiger partial charge in [0.2, 0.25) is 0 Å². The first-order valence-electron chi connectivity index (χ1n) is 9.54. The predicted molar refractivity (Wildman–Crippen MR) is 120 cm³/mol. The van der Waals surface area contributed by atoms with Crippen LogP contribution in [0.25, 0.3) is 0 Å². The number of amides is 2. The maximum Gasteiger partial charge on any atom is 0.256 e. The molecule has 0 fully saturated rings. The predicted octanol–water partition coefficient (Wildman–Crippen LogP) is 5.29. The molecule has 0 spiro atoms. The van der Waals surface area contributed by atoms with E-state index in [9.17, 15) is 9.59 Å². The molecule has 3 aromatic carbocycles. The fourth-order valence-electron chi connectivity index (χ4n) is 2.90. The third-order valence-corrected chi connectivity index (χ3v) is 5.38. The Balaban J connectivity index is 1.74. The Morgan fingerprint density at radius 3 is 2.21 bits per heavy atom. The summed E-state index contributed by atoms with van der Waals surface area (Å²) in [5, 5.41) is 5.82. The van der Waals surface area contributed by atoms with Crippen LogP contribution >= 0.6 is 11.8 Å².